The zero-order valence-electron chi connectivity index (χ0n) is 15.1. The van der Waals surface area contributed by atoms with E-state index in [0.717, 1.165) is 33.7 Å². The molecule has 1 aliphatic rings. The number of aryl methyl sites for hydroxylation is 4. The third-order valence-electron chi connectivity index (χ3n) is 4.60. The first kappa shape index (κ1) is 17.5. The van der Waals surface area contributed by atoms with Crippen LogP contribution in [0.2, 0.25) is 0 Å². The van der Waals surface area contributed by atoms with E-state index in [1.54, 1.807) is 11.3 Å². The number of hydrazine groups is 1. The standard InChI is InChI=1S/C18H21N5OS2/c1-8-5-6-13(25-8)12-7-14(23-22-12)21-17(24)16-9(2)15-10(3)19-11(4)20-18(15)26-16/h5-6,12,14,22-23H,7H2,1-4H3,(H,21,24). The molecule has 0 radical (unpaired) electrons. The summed E-state index contributed by atoms with van der Waals surface area (Å²) in [5.41, 5.74) is 8.35. The molecule has 0 bridgehead atoms. The van der Waals surface area contributed by atoms with E-state index >= 15 is 0 Å². The molecule has 1 aliphatic heterocycles. The van der Waals surface area contributed by atoms with Crippen LogP contribution in [0.5, 0.6) is 0 Å². The van der Waals surface area contributed by atoms with E-state index in [-0.39, 0.29) is 18.1 Å². The van der Waals surface area contributed by atoms with E-state index in [4.69, 9.17) is 0 Å². The molecule has 3 N–H and O–H groups in total. The van der Waals surface area contributed by atoms with Crippen LogP contribution in [0.3, 0.4) is 0 Å². The van der Waals surface area contributed by atoms with Gasteiger partial charge in [0, 0.05) is 27.3 Å². The van der Waals surface area contributed by atoms with Crippen molar-refractivity contribution in [3.8, 4) is 0 Å². The summed E-state index contributed by atoms with van der Waals surface area (Å²) < 4.78 is 0. The van der Waals surface area contributed by atoms with E-state index in [1.165, 1.54) is 21.1 Å². The third-order valence-corrected chi connectivity index (χ3v) is 6.90. The average molecular weight is 388 g/mol. The number of carbonyl (C=O) groups excluding carboxylic acids is 1. The van der Waals surface area contributed by atoms with E-state index in [0.29, 0.717) is 4.88 Å². The predicted molar refractivity (Wildman–Crippen MR) is 106 cm³/mol. The summed E-state index contributed by atoms with van der Waals surface area (Å²) in [4.78, 5) is 25.9. The second-order valence-electron chi connectivity index (χ2n) is 6.64. The second-order valence-corrected chi connectivity index (χ2v) is 8.96. The molecule has 26 heavy (non-hydrogen) atoms. The maximum absolute atomic E-state index is 12.8. The number of hydrogen-bond acceptors (Lipinski definition) is 7. The fraction of sp³-hybridized carbons (Fsp3) is 0.389. The molecule has 8 heteroatoms. The molecule has 2 unspecified atom stereocenters. The maximum atomic E-state index is 12.8. The molecule has 1 saturated heterocycles. The van der Waals surface area contributed by atoms with Crippen molar-refractivity contribution < 1.29 is 4.79 Å². The molecule has 0 aliphatic carbocycles. The van der Waals surface area contributed by atoms with Crippen LogP contribution < -0.4 is 16.2 Å². The maximum Gasteiger partial charge on any atom is 0.262 e. The lowest BCUT2D eigenvalue weighted by Gasteiger charge is -2.11. The van der Waals surface area contributed by atoms with Crippen molar-refractivity contribution in [2.75, 3.05) is 0 Å². The zero-order chi connectivity index (χ0) is 18.4. The first-order valence-corrected chi connectivity index (χ1v) is 10.2. The Labute approximate surface area is 160 Å². The minimum Gasteiger partial charge on any atom is -0.335 e. The van der Waals surface area contributed by atoms with Crippen LogP contribution in [-0.2, 0) is 0 Å². The van der Waals surface area contributed by atoms with Gasteiger partial charge in [0.2, 0.25) is 0 Å². The monoisotopic (exact) mass is 387 g/mol. The van der Waals surface area contributed by atoms with Gasteiger partial charge < -0.3 is 5.32 Å². The van der Waals surface area contributed by atoms with Crippen molar-refractivity contribution in [1.82, 2.24) is 26.1 Å². The molecule has 0 aromatic carbocycles. The lowest BCUT2D eigenvalue weighted by Crippen LogP contribution is -2.44. The fourth-order valence-corrected chi connectivity index (χ4v) is 5.51. The van der Waals surface area contributed by atoms with Gasteiger partial charge in [0.15, 0.2) is 0 Å². The second kappa shape index (κ2) is 6.70. The Morgan fingerprint density at radius 3 is 2.69 bits per heavy atom. The summed E-state index contributed by atoms with van der Waals surface area (Å²) in [5.74, 6) is 0.670. The normalized spacial score (nSPS) is 20.0. The van der Waals surface area contributed by atoms with Gasteiger partial charge in [-0.05, 0) is 45.4 Å². The fourth-order valence-electron chi connectivity index (χ4n) is 3.39. The largest absolute Gasteiger partial charge is 0.335 e. The molecular formula is C18H21N5OS2. The van der Waals surface area contributed by atoms with Gasteiger partial charge in [-0.2, -0.15) is 0 Å². The lowest BCUT2D eigenvalue weighted by atomic mass is 10.1. The number of thiophene rings is 2. The number of rotatable bonds is 3. The van der Waals surface area contributed by atoms with Crippen LogP contribution in [0.25, 0.3) is 10.2 Å². The van der Waals surface area contributed by atoms with E-state index in [1.807, 2.05) is 20.8 Å². The summed E-state index contributed by atoms with van der Waals surface area (Å²) >= 11 is 3.22. The predicted octanol–water partition coefficient (Wildman–Crippen LogP) is 3.28. The summed E-state index contributed by atoms with van der Waals surface area (Å²) in [6.45, 7) is 7.92. The SMILES string of the molecule is Cc1nc(C)c2c(C)c(C(=O)NC3CC(c4ccc(C)s4)NN3)sc2n1. The zero-order valence-corrected chi connectivity index (χ0v) is 16.8. The Balaban J connectivity index is 1.51. The van der Waals surface area contributed by atoms with E-state index in [9.17, 15) is 4.79 Å². The van der Waals surface area contributed by atoms with Gasteiger partial charge in [0.05, 0.1) is 17.1 Å². The van der Waals surface area contributed by atoms with Gasteiger partial charge in [-0.3, -0.25) is 4.79 Å². The minimum absolute atomic E-state index is 0.0649. The molecule has 4 rings (SSSR count). The van der Waals surface area contributed by atoms with Gasteiger partial charge in [-0.25, -0.2) is 20.8 Å². The highest BCUT2D eigenvalue weighted by atomic mass is 32.1. The van der Waals surface area contributed by atoms with Crippen molar-refractivity contribution in [2.45, 2.75) is 46.3 Å². The Morgan fingerprint density at radius 2 is 1.96 bits per heavy atom. The molecule has 2 atom stereocenters. The van der Waals surface area contributed by atoms with Crippen LogP contribution in [0.15, 0.2) is 12.1 Å². The van der Waals surface area contributed by atoms with Crippen LogP contribution in [0, 0.1) is 27.7 Å². The summed E-state index contributed by atoms with van der Waals surface area (Å²) in [7, 11) is 0. The molecule has 1 amide bonds. The van der Waals surface area contributed by atoms with Crippen molar-refractivity contribution in [3.63, 3.8) is 0 Å². The van der Waals surface area contributed by atoms with Crippen molar-refractivity contribution in [1.29, 1.82) is 0 Å². The molecule has 0 spiro atoms. The molecule has 4 heterocycles. The smallest absolute Gasteiger partial charge is 0.262 e. The van der Waals surface area contributed by atoms with Gasteiger partial charge >= 0.3 is 0 Å². The third kappa shape index (κ3) is 3.14. The number of amides is 1. The summed E-state index contributed by atoms with van der Waals surface area (Å²) in [5, 5.41) is 4.09. The molecule has 3 aromatic heterocycles. The summed E-state index contributed by atoms with van der Waals surface area (Å²) in [6.07, 6.45) is 0.710. The topological polar surface area (TPSA) is 78.9 Å². The van der Waals surface area contributed by atoms with Gasteiger partial charge in [-0.1, -0.05) is 0 Å². The minimum atomic E-state index is -0.103. The molecule has 6 nitrogen and oxygen atoms in total. The number of hydrogen-bond donors (Lipinski definition) is 3. The van der Waals surface area contributed by atoms with Gasteiger partial charge in [0.25, 0.3) is 5.91 Å². The Hall–Kier alpha value is -1.87. The van der Waals surface area contributed by atoms with E-state index < -0.39 is 0 Å². The van der Waals surface area contributed by atoms with Gasteiger partial charge in [-0.15, -0.1) is 22.7 Å². The number of nitrogens with zero attached hydrogens (tertiary/aromatic N) is 2. The Morgan fingerprint density at radius 1 is 1.15 bits per heavy atom. The quantitative estimate of drug-likeness (QED) is 0.643. The first-order chi connectivity index (χ1) is 12.4. The van der Waals surface area contributed by atoms with Crippen LogP contribution >= 0.6 is 22.7 Å². The Bertz CT molecular complexity index is 993. The van der Waals surface area contributed by atoms with Crippen LogP contribution in [0.4, 0.5) is 0 Å². The highest BCUT2D eigenvalue weighted by Crippen LogP contribution is 2.32. The van der Waals surface area contributed by atoms with Crippen molar-refractivity contribution in [3.05, 3.63) is 43.8 Å². The van der Waals surface area contributed by atoms with Crippen LogP contribution in [-0.4, -0.2) is 22.0 Å². The first-order valence-electron chi connectivity index (χ1n) is 8.55. The van der Waals surface area contributed by atoms with E-state index in [2.05, 4.69) is 45.2 Å². The molecule has 1 fully saturated rings. The molecule has 3 aromatic rings. The lowest BCUT2D eigenvalue weighted by molar-refractivity contribution is 0.0936. The van der Waals surface area contributed by atoms with Crippen LogP contribution in [0.1, 0.15) is 49.0 Å². The summed E-state index contributed by atoms with van der Waals surface area (Å²) in [6, 6.07) is 4.49. The van der Waals surface area contributed by atoms with Crippen molar-refractivity contribution in [2.24, 2.45) is 0 Å². The Kier molecular flexibility index (Phi) is 4.52. The molecule has 136 valence electrons. The molecular weight excluding hydrogens is 366 g/mol. The highest BCUT2D eigenvalue weighted by Gasteiger charge is 2.28. The number of fused-ring (bicyclic) bond motifs is 1. The molecule has 0 saturated carbocycles. The van der Waals surface area contributed by atoms with Crippen molar-refractivity contribution >= 4 is 38.8 Å². The number of aromatic nitrogens is 2. The average Bonchev–Trinajstić information content (AvgIpc) is 3.26. The number of carbonyl (C=O) groups is 1. The number of nitrogens with one attached hydrogen (secondary N) is 3. The highest BCUT2D eigenvalue weighted by molar-refractivity contribution is 7.20. The van der Waals surface area contributed by atoms with Gasteiger partial charge in [0.1, 0.15) is 10.7 Å².